The normalized spacial score (nSPS) is 17.2. The fourth-order valence-corrected chi connectivity index (χ4v) is 3.92. The lowest BCUT2D eigenvalue weighted by Gasteiger charge is -2.32. The van der Waals surface area contributed by atoms with E-state index in [2.05, 4.69) is 15.2 Å². The number of likely N-dealkylation sites (tertiary alicyclic amines) is 1. The number of piperidine rings is 1. The van der Waals surface area contributed by atoms with Crippen LogP contribution < -0.4 is 5.56 Å². The number of aryl methyl sites for hydroxylation is 1. The van der Waals surface area contributed by atoms with Crippen LogP contribution in [0.2, 0.25) is 0 Å². The van der Waals surface area contributed by atoms with Crippen molar-refractivity contribution >= 4 is 17.2 Å². The molecule has 1 unspecified atom stereocenters. The van der Waals surface area contributed by atoms with E-state index < -0.39 is 0 Å². The van der Waals surface area contributed by atoms with Crippen LogP contribution in [0.1, 0.15) is 29.2 Å². The van der Waals surface area contributed by atoms with Crippen molar-refractivity contribution in [3.8, 4) is 11.4 Å². The summed E-state index contributed by atoms with van der Waals surface area (Å²) in [5.41, 5.74) is 1.01. The molecule has 1 amide bonds. The number of rotatable bonds is 4. The molecule has 4 rings (SSSR count). The van der Waals surface area contributed by atoms with Gasteiger partial charge in [-0.05, 0) is 36.3 Å². The first-order chi connectivity index (χ1) is 13.1. The molecular weight excluding hydrogens is 366 g/mol. The quantitative estimate of drug-likeness (QED) is 0.682. The molecule has 140 valence electrons. The first kappa shape index (κ1) is 17.6. The van der Waals surface area contributed by atoms with Crippen LogP contribution in [0.25, 0.3) is 11.4 Å². The zero-order valence-electron chi connectivity index (χ0n) is 14.9. The van der Waals surface area contributed by atoms with Crippen molar-refractivity contribution in [3.63, 3.8) is 0 Å². The van der Waals surface area contributed by atoms with Crippen LogP contribution >= 0.6 is 11.3 Å². The molecule has 0 radical (unpaired) electrons. The van der Waals surface area contributed by atoms with Gasteiger partial charge in [0.05, 0.1) is 0 Å². The Morgan fingerprint density at radius 1 is 1.37 bits per heavy atom. The second kappa shape index (κ2) is 7.43. The molecular formula is C18H19N5O3S. The Morgan fingerprint density at radius 2 is 2.26 bits per heavy atom. The molecule has 9 heteroatoms. The van der Waals surface area contributed by atoms with E-state index in [9.17, 15) is 9.59 Å². The Bertz CT molecular complexity index is 995. The monoisotopic (exact) mass is 385 g/mol. The Balaban J connectivity index is 1.43. The van der Waals surface area contributed by atoms with Gasteiger partial charge in [0.15, 0.2) is 0 Å². The van der Waals surface area contributed by atoms with E-state index in [0.717, 1.165) is 18.4 Å². The zero-order chi connectivity index (χ0) is 18.8. The molecule has 0 aliphatic carbocycles. The van der Waals surface area contributed by atoms with Gasteiger partial charge in [-0.1, -0.05) is 5.16 Å². The number of hydrogen-bond acceptors (Lipinski definition) is 7. The van der Waals surface area contributed by atoms with Gasteiger partial charge >= 0.3 is 0 Å². The summed E-state index contributed by atoms with van der Waals surface area (Å²) in [5.74, 6) is 1.30. The number of amides is 1. The van der Waals surface area contributed by atoms with E-state index in [1.54, 1.807) is 23.3 Å². The van der Waals surface area contributed by atoms with Gasteiger partial charge in [0.2, 0.25) is 11.7 Å². The van der Waals surface area contributed by atoms with Gasteiger partial charge in [-0.2, -0.15) is 21.4 Å². The highest BCUT2D eigenvalue weighted by Gasteiger charge is 2.27. The minimum Gasteiger partial charge on any atom is -0.339 e. The summed E-state index contributed by atoms with van der Waals surface area (Å²) in [6, 6.07) is 4.81. The molecule has 3 aromatic heterocycles. The Hall–Kier alpha value is -2.81. The third-order valence-corrected chi connectivity index (χ3v) is 5.38. The van der Waals surface area contributed by atoms with Gasteiger partial charge in [0.25, 0.3) is 11.5 Å². The fourth-order valence-electron chi connectivity index (χ4n) is 3.29. The van der Waals surface area contributed by atoms with Crippen molar-refractivity contribution in [3.05, 3.63) is 50.9 Å². The molecule has 1 aliphatic heterocycles. The fraction of sp³-hybridized carbons (Fsp3) is 0.389. The summed E-state index contributed by atoms with van der Waals surface area (Å²) in [5, 5.41) is 12.1. The van der Waals surface area contributed by atoms with E-state index in [0.29, 0.717) is 31.2 Å². The summed E-state index contributed by atoms with van der Waals surface area (Å²) in [4.78, 5) is 30.4. The van der Waals surface area contributed by atoms with E-state index >= 15 is 0 Å². The summed E-state index contributed by atoms with van der Waals surface area (Å²) < 4.78 is 6.57. The topological polar surface area (TPSA) is 94.1 Å². The van der Waals surface area contributed by atoms with Gasteiger partial charge in [0, 0.05) is 43.6 Å². The number of carbonyl (C=O) groups excluding carboxylic acids is 1. The Kier molecular flexibility index (Phi) is 4.85. The third-order valence-electron chi connectivity index (χ3n) is 4.70. The molecule has 0 saturated carbocycles. The summed E-state index contributed by atoms with van der Waals surface area (Å²) in [6.07, 6.45) is 2.55. The molecule has 1 fully saturated rings. The van der Waals surface area contributed by atoms with Crippen LogP contribution in [0, 0.1) is 5.92 Å². The van der Waals surface area contributed by atoms with Gasteiger partial charge in [-0.15, -0.1) is 0 Å². The maximum absolute atomic E-state index is 12.7. The minimum absolute atomic E-state index is 0.153. The largest absolute Gasteiger partial charge is 0.339 e. The molecule has 1 aliphatic rings. The van der Waals surface area contributed by atoms with Crippen LogP contribution in [0.15, 0.2) is 38.3 Å². The van der Waals surface area contributed by atoms with Crippen molar-refractivity contribution in [2.75, 3.05) is 13.1 Å². The lowest BCUT2D eigenvalue weighted by molar-refractivity contribution is 0.0659. The van der Waals surface area contributed by atoms with E-state index in [4.69, 9.17) is 4.52 Å². The highest BCUT2D eigenvalue weighted by Crippen LogP contribution is 2.23. The van der Waals surface area contributed by atoms with Crippen LogP contribution in [0.5, 0.6) is 0 Å². The predicted molar refractivity (Wildman–Crippen MR) is 99.4 cm³/mol. The average Bonchev–Trinajstić information content (AvgIpc) is 3.35. The van der Waals surface area contributed by atoms with Crippen molar-refractivity contribution in [2.24, 2.45) is 13.0 Å². The lowest BCUT2D eigenvalue weighted by atomic mass is 9.94. The number of nitrogens with zero attached hydrogens (tertiary/aromatic N) is 5. The van der Waals surface area contributed by atoms with Gasteiger partial charge in [0.1, 0.15) is 5.69 Å². The molecule has 0 spiro atoms. The lowest BCUT2D eigenvalue weighted by Crippen LogP contribution is -2.41. The Morgan fingerprint density at radius 3 is 3.04 bits per heavy atom. The second-order valence-electron chi connectivity index (χ2n) is 6.67. The van der Waals surface area contributed by atoms with E-state index in [1.165, 1.54) is 16.8 Å². The number of thiophene rings is 1. The number of hydrogen-bond donors (Lipinski definition) is 0. The Labute approximate surface area is 159 Å². The first-order valence-corrected chi connectivity index (χ1v) is 9.73. The van der Waals surface area contributed by atoms with Crippen molar-refractivity contribution in [2.45, 2.75) is 19.3 Å². The van der Waals surface area contributed by atoms with Crippen LogP contribution in [0.4, 0.5) is 0 Å². The maximum atomic E-state index is 12.7. The molecule has 1 atom stereocenters. The maximum Gasteiger partial charge on any atom is 0.274 e. The minimum atomic E-state index is -0.235. The molecule has 0 aromatic carbocycles. The van der Waals surface area contributed by atoms with Crippen molar-refractivity contribution < 1.29 is 9.32 Å². The molecule has 1 saturated heterocycles. The van der Waals surface area contributed by atoms with Crippen LogP contribution in [0.3, 0.4) is 0 Å². The second-order valence-corrected chi connectivity index (χ2v) is 7.45. The first-order valence-electron chi connectivity index (χ1n) is 8.79. The SMILES string of the molecule is Cn1nc(C(=O)N2CCCC(Cc3nc(-c4ccsc4)no3)C2)ccc1=O. The van der Waals surface area contributed by atoms with Crippen LogP contribution in [-0.2, 0) is 13.5 Å². The zero-order valence-corrected chi connectivity index (χ0v) is 15.7. The molecule has 0 N–H and O–H groups in total. The highest BCUT2D eigenvalue weighted by molar-refractivity contribution is 7.08. The van der Waals surface area contributed by atoms with Crippen LogP contribution in [-0.4, -0.2) is 43.8 Å². The highest BCUT2D eigenvalue weighted by atomic mass is 32.1. The summed E-state index contributed by atoms with van der Waals surface area (Å²) >= 11 is 1.59. The smallest absolute Gasteiger partial charge is 0.274 e. The van der Waals surface area contributed by atoms with E-state index in [-0.39, 0.29) is 23.1 Å². The standard InChI is InChI=1S/C18H19N5O3S/c1-22-16(24)5-4-14(20-22)18(25)23-7-2-3-12(10-23)9-15-19-17(21-26-15)13-6-8-27-11-13/h4-6,8,11-12H,2-3,7,9-10H2,1H3. The molecule has 3 aromatic rings. The predicted octanol–water partition coefficient (Wildman–Crippen LogP) is 1.99. The summed E-state index contributed by atoms with van der Waals surface area (Å²) in [7, 11) is 1.54. The summed E-state index contributed by atoms with van der Waals surface area (Å²) in [6.45, 7) is 1.29. The van der Waals surface area contributed by atoms with Crippen molar-refractivity contribution in [1.82, 2.24) is 24.8 Å². The molecule has 4 heterocycles. The van der Waals surface area contributed by atoms with Gasteiger partial charge in [-0.3, -0.25) is 9.59 Å². The van der Waals surface area contributed by atoms with Gasteiger partial charge in [-0.25, -0.2) is 4.68 Å². The van der Waals surface area contributed by atoms with Crippen molar-refractivity contribution in [1.29, 1.82) is 0 Å². The average molecular weight is 385 g/mol. The van der Waals surface area contributed by atoms with Gasteiger partial charge < -0.3 is 9.42 Å². The molecule has 27 heavy (non-hydrogen) atoms. The molecule has 0 bridgehead atoms. The van der Waals surface area contributed by atoms with E-state index in [1.807, 2.05) is 16.8 Å². The number of aromatic nitrogens is 4. The number of carbonyl (C=O) groups is 1. The molecule has 8 nitrogen and oxygen atoms in total. The third kappa shape index (κ3) is 3.82.